The standard InChI is InChI=1S/C18H18N2O3S/c1-11(2)20-10-13(9-19-22)14-8-12(4-5-15(14)20)16-6-7-17(24-16)18(21)23-3/h4-11,22H,1-3H3/b19-9-. The van der Waals surface area contributed by atoms with Crippen LogP contribution in [0.4, 0.5) is 0 Å². The zero-order chi connectivity index (χ0) is 17.3. The number of carbonyl (C=O) groups excluding carboxylic acids is 1. The molecule has 2 heterocycles. The molecule has 0 saturated heterocycles. The van der Waals surface area contributed by atoms with E-state index in [0.29, 0.717) is 10.9 Å². The van der Waals surface area contributed by atoms with Gasteiger partial charge in [0, 0.05) is 33.6 Å². The van der Waals surface area contributed by atoms with Crippen molar-refractivity contribution in [2.45, 2.75) is 19.9 Å². The summed E-state index contributed by atoms with van der Waals surface area (Å²) < 4.78 is 6.90. The van der Waals surface area contributed by atoms with Gasteiger partial charge in [0.1, 0.15) is 4.88 Å². The van der Waals surface area contributed by atoms with Crippen molar-refractivity contribution in [2.75, 3.05) is 7.11 Å². The van der Waals surface area contributed by atoms with Gasteiger partial charge in [-0.05, 0) is 43.7 Å². The van der Waals surface area contributed by atoms with Crippen molar-refractivity contribution in [3.05, 3.63) is 47.0 Å². The predicted molar refractivity (Wildman–Crippen MR) is 96.4 cm³/mol. The number of ether oxygens (including phenoxy) is 1. The molecule has 0 fully saturated rings. The summed E-state index contributed by atoms with van der Waals surface area (Å²) in [5, 5.41) is 13.1. The molecule has 0 aliphatic rings. The van der Waals surface area contributed by atoms with Crippen molar-refractivity contribution in [3.8, 4) is 10.4 Å². The van der Waals surface area contributed by atoms with Gasteiger partial charge in [0.15, 0.2) is 0 Å². The van der Waals surface area contributed by atoms with Gasteiger partial charge in [-0.25, -0.2) is 4.79 Å². The molecule has 0 radical (unpaired) electrons. The number of esters is 1. The normalized spacial score (nSPS) is 11.7. The summed E-state index contributed by atoms with van der Waals surface area (Å²) in [5.41, 5.74) is 2.94. The highest BCUT2D eigenvalue weighted by molar-refractivity contribution is 7.17. The Morgan fingerprint density at radius 1 is 1.33 bits per heavy atom. The molecule has 2 aromatic heterocycles. The maximum atomic E-state index is 11.6. The molecule has 0 aliphatic heterocycles. The van der Waals surface area contributed by atoms with E-state index < -0.39 is 0 Å². The van der Waals surface area contributed by atoms with Crippen LogP contribution in [-0.2, 0) is 4.74 Å². The molecule has 1 aromatic carbocycles. The minimum absolute atomic E-state index is 0.298. The first-order valence-corrected chi connectivity index (χ1v) is 8.37. The van der Waals surface area contributed by atoms with Gasteiger partial charge in [0.2, 0.25) is 0 Å². The minimum Gasteiger partial charge on any atom is -0.465 e. The van der Waals surface area contributed by atoms with Crippen LogP contribution in [0.2, 0.25) is 0 Å². The second-order valence-corrected chi connectivity index (χ2v) is 6.80. The quantitative estimate of drug-likeness (QED) is 0.327. The predicted octanol–water partition coefficient (Wildman–Crippen LogP) is 4.55. The number of methoxy groups -OCH3 is 1. The van der Waals surface area contributed by atoms with E-state index in [1.165, 1.54) is 24.7 Å². The molecule has 1 N–H and O–H groups in total. The van der Waals surface area contributed by atoms with Gasteiger partial charge in [-0.2, -0.15) is 0 Å². The van der Waals surface area contributed by atoms with Gasteiger partial charge in [0.25, 0.3) is 0 Å². The molecule has 0 bridgehead atoms. The number of fused-ring (bicyclic) bond motifs is 1. The van der Waals surface area contributed by atoms with Crippen molar-refractivity contribution >= 4 is 34.4 Å². The number of rotatable bonds is 4. The Balaban J connectivity index is 2.12. The van der Waals surface area contributed by atoms with Crippen LogP contribution in [-0.4, -0.2) is 29.1 Å². The largest absolute Gasteiger partial charge is 0.465 e. The number of benzene rings is 1. The number of oxime groups is 1. The second-order valence-electron chi connectivity index (χ2n) is 5.72. The van der Waals surface area contributed by atoms with E-state index in [9.17, 15) is 4.79 Å². The second kappa shape index (κ2) is 6.49. The molecule has 0 atom stereocenters. The molecular formula is C18H18N2O3S. The maximum absolute atomic E-state index is 11.6. The van der Waals surface area contributed by atoms with Crippen LogP contribution in [0.5, 0.6) is 0 Å². The van der Waals surface area contributed by atoms with E-state index in [-0.39, 0.29) is 5.97 Å². The van der Waals surface area contributed by atoms with Crippen LogP contribution in [0.3, 0.4) is 0 Å². The molecule has 24 heavy (non-hydrogen) atoms. The lowest BCUT2D eigenvalue weighted by molar-refractivity contribution is 0.0606. The highest BCUT2D eigenvalue weighted by atomic mass is 32.1. The lowest BCUT2D eigenvalue weighted by atomic mass is 10.1. The smallest absolute Gasteiger partial charge is 0.348 e. The van der Waals surface area contributed by atoms with E-state index in [0.717, 1.165) is 26.9 Å². The molecule has 0 amide bonds. The molecule has 3 aromatic rings. The average Bonchev–Trinajstić information content (AvgIpc) is 3.19. The highest BCUT2D eigenvalue weighted by Gasteiger charge is 2.14. The summed E-state index contributed by atoms with van der Waals surface area (Å²) in [6, 6.07) is 10.1. The van der Waals surface area contributed by atoms with Crippen molar-refractivity contribution in [1.82, 2.24) is 4.57 Å². The summed E-state index contributed by atoms with van der Waals surface area (Å²) >= 11 is 1.40. The number of hydrogen-bond donors (Lipinski definition) is 1. The van der Waals surface area contributed by atoms with Crippen LogP contribution >= 0.6 is 11.3 Å². The highest BCUT2D eigenvalue weighted by Crippen LogP contribution is 2.33. The Morgan fingerprint density at radius 3 is 2.79 bits per heavy atom. The zero-order valence-electron chi connectivity index (χ0n) is 13.7. The van der Waals surface area contributed by atoms with E-state index in [4.69, 9.17) is 9.94 Å². The lowest BCUT2D eigenvalue weighted by Gasteiger charge is -2.09. The first-order chi connectivity index (χ1) is 11.5. The van der Waals surface area contributed by atoms with Crippen LogP contribution < -0.4 is 0 Å². The van der Waals surface area contributed by atoms with Crippen LogP contribution in [0.1, 0.15) is 35.1 Å². The molecule has 0 aliphatic carbocycles. The minimum atomic E-state index is -0.327. The van der Waals surface area contributed by atoms with E-state index >= 15 is 0 Å². The first-order valence-electron chi connectivity index (χ1n) is 7.55. The molecule has 0 spiro atoms. The summed E-state index contributed by atoms with van der Waals surface area (Å²) in [7, 11) is 1.38. The molecule has 0 unspecified atom stereocenters. The molecule has 5 nitrogen and oxygen atoms in total. The SMILES string of the molecule is COC(=O)c1ccc(-c2ccc3c(c2)c(/C=N\O)cn3C(C)C)s1. The Kier molecular flexibility index (Phi) is 4.40. The Bertz CT molecular complexity index is 922. The summed E-state index contributed by atoms with van der Waals surface area (Å²) in [6.07, 6.45) is 3.42. The first kappa shape index (κ1) is 16.3. The van der Waals surface area contributed by atoms with Crippen LogP contribution in [0, 0.1) is 0 Å². The Hall–Kier alpha value is -2.60. The third-order valence-electron chi connectivity index (χ3n) is 3.89. The number of thiophene rings is 1. The van der Waals surface area contributed by atoms with Gasteiger partial charge in [-0.3, -0.25) is 0 Å². The number of aromatic nitrogens is 1. The number of hydrogen-bond acceptors (Lipinski definition) is 5. The van der Waals surface area contributed by atoms with Gasteiger partial charge >= 0.3 is 5.97 Å². The number of carbonyl (C=O) groups is 1. The van der Waals surface area contributed by atoms with Crippen molar-refractivity contribution in [1.29, 1.82) is 0 Å². The molecule has 3 rings (SSSR count). The molecular weight excluding hydrogens is 324 g/mol. The summed E-state index contributed by atoms with van der Waals surface area (Å²) in [4.78, 5) is 13.2. The van der Waals surface area contributed by atoms with Gasteiger partial charge in [-0.1, -0.05) is 11.2 Å². The fourth-order valence-corrected chi connectivity index (χ4v) is 3.65. The van der Waals surface area contributed by atoms with E-state index in [2.05, 4.69) is 35.7 Å². The molecule has 0 saturated carbocycles. The zero-order valence-corrected chi connectivity index (χ0v) is 14.5. The van der Waals surface area contributed by atoms with Gasteiger partial charge in [-0.15, -0.1) is 11.3 Å². The number of nitrogens with zero attached hydrogens (tertiary/aromatic N) is 2. The third-order valence-corrected chi connectivity index (χ3v) is 5.01. The average molecular weight is 342 g/mol. The monoisotopic (exact) mass is 342 g/mol. The fraction of sp³-hybridized carbons (Fsp3) is 0.222. The summed E-state index contributed by atoms with van der Waals surface area (Å²) in [5.74, 6) is -0.327. The van der Waals surface area contributed by atoms with Gasteiger partial charge < -0.3 is 14.5 Å². The fourth-order valence-electron chi connectivity index (χ4n) is 2.73. The topological polar surface area (TPSA) is 63.8 Å². The van der Waals surface area contributed by atoms with Crippen molar-refractivity contribution < 1.29 is 14.7 Å². The van der Waals surface area contributed by atoms with Gasteiger partial charge in [0.05, 0.1) is 13.3 Å². The van der Waals surface area contributed by atoms with Crippen molar-refractivity contribution in [3.63, 3.8) is 0 Å². The van der Waals surface area contributed by atoms with Crippen molar-refractivity contribution in [2.24, 2.45) is 5.16 Å². The third kappa shape index (κ3) is 2.80. The van der Waals surface area contributed by atoms with Crippen LogP contribution in [0.15, 0.2) is 41.7 Å². The maximum Gasteiger partial charge on any atom is 0.348 e. The van der Waals surface area contributed by atoms with E-state index in [1.54, 1.807) is 6.07 Å². The Labute approximate surface area is 143 Å². The van der Waals surface area contributed by atoms with E-state index in [1.807, 2.05) is 18.3 Å². The Morgan fingerprint density at radius 2 is 2.12 bits per heavy atom. The molecule has 6 heteroatoms. The van der Waals surface area contributed by atoms with Crippen LogP contribution in [0.25, 0.3) is 21.3 Å². The lowest BCUT2D eigenvalue weighted by Crippen LogP contribution is -1.97. The summed E-state index contributed by atoms with van der Waals surface area (Å²) in [6.45, 7) is 4.21. The molecule has 124 valence electrons.